The third kappa shape index (κ3) is 64.1. The molecule has 92 heavy (non-hydrogen) atoms. The van der Waals surface area contributed by atoms with Crippen molar-refractivity contribution in [3.8, 4) is 0 Å². The van der Waals surface area contributed by atoms with Crippen LogP contribution in [-0.2, 0) is 65.4 Å². The van der Waals surface area contributed by atoms with Gasteiger partial charge in [0.2, 0.25) is 0 Å². The van der Waals surface area contributed by atoms with Gasteiger partial charge in [0.25, 0.3) is 0 Å². The van der Waals surface area contributed by atoms with E-state index in [1.165, 1.54) is 161 Å². The van der Waals surface area contributed by atoms with Crippen molar-refractivity contribution in [3.05, 3.63) is 0 Å². The van der Waals surface area contributed by atoms with Gasteiger partial charge in [-0.1, -0.05) is 312 Å². The maximum absolute atomic E-state index is 13.0. The van der Waals surface area contributed by atoms with E-state index in [1.807, 2.05) is 0 Å². The van der Waals surface area contributed by atoms with Crippen LogP contribution < -0.4 is 0 Å². The van der Waals surface area contributed by atoms with Crippen molar-refractivity contribution in [2.45, 2.75) is 382 Å². The smallest absolute Gasteiger partial charge is 0.462 e. The molecule has 19 heteroatoms. The Kier molecular flexibility index (Phi) is 61.3. The molecule has 0 heterocycles. The molecule has 0 amide bonds. The van der Waals surface area contributed by atoms with E-state index < -0.39 is 97.5 Å². The van der Waals surface area contributed by atoms with Crippen LogP contribution >= 0.6 is 15.6 Å². The number of hydrogen-bond acceptors (Lipinski definition) is 15. The highest BCUT2D eigenvalue weighted by Gasteiger charge is 2.30. The Morgan fingerprint density at radius 2 is 0.522 bits per heavy atom. The molecular weight excluding hydrogens is 1210 g/mol. The van der Waals surface area contributed by atoms with Crippen molar-refractivity contribution < 1.29 is 80.2 Å². The topological polar surface area (TPSA) is 237 Å². The summed E-state index contributed by atoms with van der Waals surface area (Å²) < 4.78 is 68.4. The van der Waals surface area contributed by atoms with Gasteiger partial charge in [0.15, 0.2) is 12.2 Å². The predicted molar refractivity (Wildman–Crippen MR) is 372 cm³/mol. The summed E-state index contributed by atoms with van der Waals surface area (Å²) in [6.45, 7) is 14.1. The zero-order valence-electron chi connectivity index (χ0n) is 60.2. The number of carbonyl (C=O) groups excluding carboxylic acids is 4. The summed E-state index contributed by atoms with van der Waals surface area (Å²) in [4.78, 5) is 72.7. The fourth-order valence-electron chi connectivity index (χ4n) is 11.0. The first-order valence-corrected chi connectivity index (χ1v) is 40.8. The van der Waals surface area contributed by atoms with Gasteiger partial charge in [-0.3, -0.25) is 37.3 Å². The van der Waals surface area contributed by atoms with Crippen LogP contribution in [0, 0.1) is 23.7 Å². The minimum atomic E-state index is -4.95. The molecule has 0 aromatic heterocycles. The van der Waals surface area contributed by atoms with Crippen molar-refractivity contribution in [1.82, 2.24) is 0 Å². The zero-order valence-corrected chi connectivity index (χ0v) is 62.0. The molecular formula is C73H142O17P2. The normalized spacial score (nSPS) is 14.8. The van der Waals surface area contributed by atoms with Crippen LogP contribution in [0.15, 0.2) is 0 Å². The highest BCUT2D eigenvalue weighted by Crippen LogP contribution is 2.45. The number of phosphoric ester groups is 2. The average Bonchev–Trinajstić information content (AvgIpc) is 2.72. The first kappa shape index (κ1) is 90.1. The molecule has 0 saturated carbocycles. The molecule has 0 aliphatic carbocycles. The third-order valence-electron chi connectivity index (χ3n) is 17.5. The number of unbranched alkanes of at least 4 members (excludes halogenated alkanes) is 34. The van der Waals surface area contributed by atoms with Crippen LogP contribution in [0.3, 0.4) is 0 Å². The monoisotopic (exact) mass is 1350 g/mol. The molecule has 0 spiro atoms. The summed E-state index contributed by atoms with van der Waals surface area (Å²) in [5.41, 5.74) is 0. The van der Waals surface area contributed by atoms with E-state index in [0.717, 1.165) is 120 Å². The minimum absolute atomic E-state index is 0.105. The van der Waals surface area contributed by atoms with Crippen LogP contribution in [0.2, 0.25) is 0 Å². The van der Waals surface area contributed by atoms with E-state index in [0.29, 0.717) is 25.7 Å². The van der Waals surface area contributed by atoms with Gasteiger partial charge in [0, 0.05) is 25.7 Å². The standard InChI is InChI=1S/C73H142O17P2/c1-9-65(7)51-43-35-27-20-17-18-22-30-40-48-56-73(78)89-68(59-83-70(75)53-45-37-28-24-23-26-34-42-50-64(5)6)61-87-91(79,80)85-57-67(74)58-86-92(81,82)88-62-69(60-84-71(76)54-46-38-32-31-36-44-52-66(8)10-2)90-72(77)55-47-39-29-21-16-14-12-11-13-15-19-25-33-41-49-63(3)4/h63-69,74H,9-62H2,1-8H3,(H,79,80)(H,81,82)/t65?,66?,67-,68-,69-/m1/s1. The van der Waals surface area contributed by atoms with E-state index in [2.05, 4.69) is 55.4 Å². The molecule has 3 N–H and O–H groups in total. The molecule has 546 valence electrons. The quantitative estimate of drug-likeness (QED) is 0.0222. The fourth-order valence-corrected chi connectivity index (χ4v) is 12.5. The maximum Gasteiger partial charge on any atom is 0.472 e. The maximum atomic E-state index is 13.0. The van der Waals surface area contributed by atoms with Crippen LogP contribution in [0.4, 0.5) is 0 Å². The highest BCUT2D eigenvalue weighted by atomic mass is 31.2. The highest BCUT2D eigenvalue weighted by molar-refractivity contribution is 7.47. The van der Waals surface area contributed by atoms with E-state index in [-0.39, 0.29) is 25.7 Å². The van der Waals surface area contributed by atoms with Gasteiger partial charge in [0.1, 0.15) is 19.3 Å². The van der Waals surface area contributed by atoms with E-state index in [9.17, 15) is 43.2 Å². The number of phosphoric acid groups is 2. The average molecular weight is 1350 g/mol. The lowest BCUT2D eigenvalue weighted by molar-refractivity contribution is -0.161. The summed E-state index contributed by atoms with van der Waals surface area (Å²) >= 11 is 0. The Hall–Kier alpha value is -1.94. The lowest BCUT2D eigenvalue weighted by atomic mass is 9.99. The van der Waals surface area contributed by atoms with Crippen molar-refractivity contribution in [2.24, 2.45) is 23.7 Å². The second-order valence-corrected chi connectivity index (χ2v) is 30.7. The van der Waals surface area contributed by atoms with Crippen LogP contribution in [0.25, 0.3) is 0 Å². The number of esters is 4. The first-order valence-electron chi connectivity index (χ1n) is 37.8. The molecule has 7 atom stereocenters. The van der Waals surface area contributed by atoms with Crippen molar-refractivity contribution in [1.29, 1.82) is 0 Å². The molecule has 0 fully saturated rings. The second kappa shape index (κ2) is 62.6. The number of rotatable bonds is 70. The summed E-state index contributed by atoms with van der Waals surface area (Å²) in [6, 6.07) is 0. The predicted octanol–water partition coefficient (Wildman–Crippen LogP) is 20.9. The number of aliphatic hydroxyl groups excluding tert-OH is 1. The van der Waals surface area contributed by atoms with Crippen molar-refractivity contribution >= 4 is 39.5 Å². The molecule has 17 nitrogen and oxygen atoms in total. The third-order valence-corrected chi connectivity index (χ3v) is 19.4. The molecule has 0 bridgehead atoms. The minimum Gasteiger partial charge on any atom is -0.462 e. The van der Waals surface area contributed by atoms with Crippen molar-refractivity contribution in [2.75, 3.05) is 39.6 Å². The largest absolute Gasteiger partial charge is 0.472 e. The Morgan fingerprint density at radius 1 is 0.304 bits per heavy atom. The Bertz CT molecular complexity index is 1820. The Labute approximate surface area is 562 Å². The van der Waals surface area contributed by atoms with Crippen LogP contribution in [0.5, 0.6) is 0 Å². The molecule has 0 aliphatic rings. The molecule has 0 aliphatic heterocycles. The zero-order chi connectivity index (χ0) is 68.2. The number of hydrogen-bond donors (Lipinski definition) is 3. The van der Waals surface area contributed by atoms with E-state index >= 15 is 0 Å². The van der Waals surface area contributed by atoms with E-state index in [1.54, 1.807) is 0 Å². The molecule has 0 radical (unpaired) electrons. The Balaban J connectivity index is 5.25. The van der Waals surface area contributed by atoms with Gasteiger partial charge in [0.05, 0.1) is 26.4 Å². The molecule has 0 aromatic rings. The molecule has 0 saturated heterocycles. The van der Waals surface area contributed by atoms with Gasteiger partial charge in [-0.25, -0.2) is 9.13 Å². The van der Waals surface area contributed by atoms with Crippen molar-refractivity contribution in [3.63, 3.8) is 0 Å². The number of ether oxygens (including phenoxy) is 4. The molecule has 4 unspecified atom stereocenters. The fraction of sp³-hybridized carbons (Fsp3) is 0.945. The lowest BCUT2D eigenvalue weighted by Gasteiger charge is -2.21. The molecule has 0 aromatic carbocycles. The lowest BCUT2D eigenvalue weighted by Crippen LogP contribution is -2.30. The Morgan fingerprint density at radius 3 is 0.772 bits per heavy atom. The van der Waals surface area contributed by atoms with E-state index in [4.69, 9.17) is 37.0 Å². The van der Waals surface area contributed by atoms with Gasteiger partial charge < -0.3 is 33.8 Å². The summed E-state index contributed by atoms with van der Waals surface area (Å²) in [5, 5.41) is 10.6. The van der Waals surface area contributed by atoms with Crippen LogP contribution in [0.1, 0.15) is 364 Å². The van der Waals surface area contributed by atoms with Gasteiger partial charge >= 0.3 is 39.5 Å². The number of aliphatic hydroxyl groups is 1. The van der Waals surface area contributed by atoms with Gasteiger partial charge in [-0.05, 0) is 49.4 Å². The SMILES string of the molecule is CCC(C)CCCCCCCCCCCCC(=O)O[C@H](COC(=O)CCCCCCCCCCC(C)C)COP(=O)(O)OC[C@@H](O)COP(=O)(O)OC[C@@H](COC(=O)CCCCCCCCC(C)CC)OC(=O)CCCCCCCCCCCCCCCCC(C)C. The molecule has 0 rings (SSSR count). The second-order valence-electron chi connectivity index (χ2n) is 27.8. The number of carbonyl (C=O) groups is 4. The van der Waals surface area contributed by atoms with Gasteiger partial charge in [-0.15, -0.1) is 0 Å². The first-order chi connectivity index (χ1) is 44.2. The van der Waals surface area contributed by atoms with Crippen LogP contribution in [-0.4, -0.2) is 96.7 Å². The summed E-state index contributed by atoms with van der Waals surface area (Å²) in [6.07, 6.45) is 45.8. The summed E-state index contributed by atoms with van der Waals surface area (Å²) in [7, 11) is -9.91. The van der Waals surface area contributed by atoms with Gasteiger partial charge in [-0.2, -0.15) is 0 Å². The summed E-state index contributed by atoms with van der Waals surface area (Å²) in [5.74, 6) is 0.929.